The predicted octanol–water partition coefficient (Wildman–Crippen LogP) is 3.92. The van der Waals surface area contributed by atoms with Crippen LogP contribution in [0.4, 0.5) is 10.1 Å². The highest BCUT2D eigenvalue weighted by Gasteiger charge is 2.11. The summed E-state index contributed by atoms with van der Waals surface area (Å²) in [5, 5.41) is 13.9. The number of hydrogen-bond acceptors (Lipinski definition) is 4. The molecular formula is C20H24FN3O2. The van der Waals surface area contributed by atoms with Crippen LogP contribution in [0, 0.1) is 5.82 Å². The lowest BCUT2D eigenvalue weighted by molar-refractivity contribution is 0.0955. The van der Waals surface area contributed by atoms with Gasteiger partial charge in [0.15, 0.2) is 0 Å². The van der Waals surface area contributed by atoms with Crippen LogP contribution < -0.4 is 10.3 Å². The molecule has 0 radical (unpaired) electrons. The van der Waals surface area contributed by atoms with Crippen molar-refractivity contribution in [3.05, 3.63) is 59.4 Å². The Morgan fingerprint density at radius 2 is 1.77 bits per heavy atom. The second-order valence-electron chi connectivity index (χ2n) is 5.73. The van der Waals surface area contributed by atoms with Crippen molar-refractivity contribution in [2.45, 2.75) is 27.2 Å². The number of nitrogens with zero attached hydrogens (tertiary/aromatic N) is 2. The van der Waals surface area contributed by atoms with Crippen molar-refractivity contribution in [3.63, 3.8) is 0 Å². The topological polar surface area (TPSA) is 64.9 Å². The zero-order valence-electron chi connectivity index (χ0n) is 15.3. The zero-order chi connectivity index (χ0) is 19.1. The summed E-state index contributed by atoms with van der Waals surface area (Å²) < 4.78 is 13.4. The molecule has 138 valence electrons. The molecule has 1 amide bonds. The first-order valence-electron chi connectivity index (χ1n) is 8.70. The lowest BCUT2D eigenvalue weighted by Gasteiger charge is -2.20. The molecule has 0 aromatic heterocycles. The molecule has 2 aromatic rings. The summed E-state index contributed by atoms with van der Waals surface area (Å²) >= 11 is 0. The predicted molar refractivity (Wildman–Crippen MR) is 102 cm³/mol. The number of hydrazone groups is 1. The summed E-state index contributed by atoms with van der Waals surface area (Å²) in [5.74, 6) is -0.917. The molecule has 2 aromatic carbocycles. The molecule has 0 spiro atoms. The largest absolute Gasteiger partial charge is 0.507 e. The third-order valence-electron chi connectivity index (χ3n) is 4.15. The van der Waals surface area contributed by atoms with Gasteiger partial charge in [-0.05, 0) is 62.7 Å². The van der Waals surface area contributed by atoms with Crippen LogP contribution >= 0.6 is 0 Å². The Hall–Kier alpha value is -2.89. The van der Waals surface area contributed by atoms with Gasteiger partial charge >= 0.3 is 0 Å². The van der Waals surface area contributed by atoms with Gasteiger partial charge in [-0.1, -0.05) is 6.92 Å². The van der Waals surface area contributed by atoms with Gasteiger partial charge in [-0.3, -0.25) is 4.79 Å². The lowest BCUT2D eigenvalue weighted by atomic mass is 10.1. The number of nitrogens with one attached hydrogen (secondary N) is 1. The van der Waals surface area contributed by atoms with Gasteiger partial charge in [0.05, 0.1) is 5.71 Å². The average Bonchev–Trinajstić information content (AvgIpc) is 2.66. The number of hydrogen-bond donors (Lipinski definition) is 2. The van der Waals surface area contributed by atoms with Gasteiger partial charge < -0.3 is 10.0 Å². The molecule has 0 heterocycles. The Morgan fingerprint density at radius 3 is 2.35 bits per heavy atom. The Bertz CT molecular complexity index is 784. The minimum absolute atomic E-state index is 0.0789. The Labute approximate surface area is 153 Å². The first-order valence-corrected chi connectivity index (χ1v) is 8.70. The van der Waals surface area contributed by atoms with Gasteiger partial charge in [0.25, 0.3) is 5.91 Å². The number of halogens is 1. The van der Waals surface area contributed by atoms with Crippen molar-refractivity contribution >= 4 is 17.3 Å². The van der Waals surface area contributed by atoms with Crippen molar-refractivity contribution in [1.82, 2.24) is 5.43 Å². The molecule has 26 heavy (non-hydrogen) atoms. The second kappa shape index (κ2) is 8.99. The molecule has 6 heteroatoms. The molecule has 0 aliphatic rings. The number of phenolic OH excluding ortho intramolecular Hbond substituents is 1. The third kappa shape index (κ3) is 4.59. The molecule has 0 aliphatic carbocycles. The van der Waals surface area contributed by atoms with Gasteiger partial charge in [-0.25, -0.2) is 9.82 Å². The normalized spacial score (nSPS) is 11.3. The molecule has 2 rings (SSSR count). The van der Waals surface area contributed by atoms with Crippen molar-refractivity contribution in [2.75, 3.05) is 18.0 Å². The number of aromatic hydroxyl groups is 1. The highest BCUT2D eigenvalue weighted by atomic mass is 19.1. The molecule has 0 bridgehead atoms. The summed E-state index contributed by atoms with van der Waals surface area (Å²) in [5.41, 5.74) is 4.67. The molecule has 0 saturated carbocycles. The molecule has 2 N–H and O–H groups in total. The van der Waals surface area contributed by atoms with E-state index in [0.29, 0.717) is 17.7 Å². The number of benzene rings is 2. The van der Waals surface area contributed by atoms with Gasteiger partial charge in [0.2, 0.25) is 0 Å². The fourth-order valence-corrected chi connectivity index (χ4v) is 2.66. The zero-order valence-corrected chi connectivity index (χ0v) is 15.3. The van der Waals surface area contributed by atoms with Crippen LogP contribution in [0.2, 0.25) is 0 Å². The van der Waals surface area contributed by atoms with Crippen molar-refractivity contribution in [3.8, 4) is 5.75 Å². The smallest absolute Gasteiger partial charge is 0.271 e. The highest BCUT2D eigenvalue weighted by molar-refractivity contribution is 6.04. The van der Waals surface area contributed by atoms with E-state index in [2.05, 4.69) is 29.3 Å². The maximum atomic E-state index is 13.4. The summed E-state index contributed by atoms with van der Waals surface area (Å²) in [6, 6.07) is 10.9. The highest BCUT2D eigenvalue weighted by Crippen LogP contribution is 2.20. The van der Waals surface area contributed by atoms with E-state index < -0.39 is 5.82 Å². The quantitative estimate of drug-likeness (QED) is 0.583. The summed E-state index contributed by atoms with van der Waals surface area (Å²) in [7, 11) is 0. The molecule has 0 atom stereocenters. The molecular weight excluding hydrogens is 333 g/mol. The Kier molecular flexibility index (Phi) is 6.72. The Morgan fingerprint density at radius 1 is 1.12 bits per heavy atom. The molecule has 0 saturated heterocycles. The minimum Gasteiger partial charge on any atom is -0.507 e. The monoisotopic (exact) mass is 357 g/mol. The standard InChI is InChI=1S/C20H24FN3O2/c1-4-18(17-13-15(21)9-12-19(17)25)22-23-20(26)14-7-10-16(11-8-14)24(5-2)6-3/h7-13,25H,4-6H2,1-3H3,(H,23,26). The first kappa shape index (κ1) is 19.4. The summed E-state index contributed by atoms with van der Waals surface area (Å²) in [6.07, 6.45) is 0.429. The maximum Gasteiger partial charge on any atom is 0.271 e. The molecule has 5 nitrogen and oxygen atoms in total. The van der Waals surface area contributed by atoms with E-state index in [0.717, 1.165) is 18.8 Å². The summed E-state index contributed by atoms with van der Waals surface area (Å²) in [4.78, 5) is 14.5. The van der Waals surface area contributed by atoms with E-state index in [1.807, 2.05) is 19.1 Å². The van der Waals surface area contributed by atoms with Crippen LogP contribution in [0.25, 0.3) is 0 Å². The number of carbonyl (C=O) groups excluding carboxylic acids is 1. The van der Waals surface area contributed by atoms with Crippen molar-refractivity contribution in [1.29, 1.82) is 0 Å². The third-order valence-corrected chi connectivity index (χ3v) is 4.15. The van der Waals surface area contributed by atoms with E-state index in [1.54, 1.807) is 12.1 Å². The van der Waals surface area contributed by atoms with Crippen LogP contribution in [0.15, 0.2) is 47.6 Å². The number of phenols is 1. The maximum absolute atomic E-state index is 13.4. The fraction of sp³-hybridized carbons (Fsp3) is 0.300. The van der Waals surface area contributed by atoms with Gasteiger partial charge in [-0.15, -0.1) is 0 Å². The molecule has 0 unspecified atom stereocenters. The van der Waals surface area contributed by atoms with Gasteiger partial charge in [0.1, 0.15) is 11.6 Å². The van der Waals surface area contributed by atoms with E-state index in [9.17, 15) is 14.3 Å². The number of carbonyl (C=O) groups is 1. The number of anilines is 1. The second-order valence-corrected chi connectivity index (χ2v) is 5.73. The van der Waals surface area contributed by atoms with Crippen LogP contribution in [0.1, 0.15) is 43.1 Å². The van der Waals surface area contributed by atoms with E-state index in [4.69, 9.17) is 0 Å². The van der Waals surface area contributed by atoms with Crippen LogP contribution in [-0.2, 0) is 0 Å². The number of amides is 1. The van der Waals surface area contributed by atoms with Gasteiger partial charge in [0, 0.05) is 29.9 Å². The lowest BCUT2D eigenvalue weighted by Crippen LogP contribution is -2.22. The molecule has 0 aliphatic heterocycles. The van der Waals surface area contributed by atoms with E-state index >= 15 is 0 Å². The average molecular weight is 357 g/mol. The van der Waals surface area contributed by atoms with Crippen LogP contribution in [-0.4, -0.2) is 29.8 Å². The van der Waals surface area contributed by atoms with Crippen molar-refractivity contribution < 1.29 is 14.3 Å². The van der Waals surface area contributed by atoms with E-state index in [1.165, 1.54) is 18.2 Å². The van der Waals surface area contributed by atoms with Gasteiger partial charge in [-0.2, -0.15) is 5.10 Å². The minimum atomic E-state index is -0.475. The molecule has 0 fully saturated rings. The first-order chi connectivity index (χ1) is 12.5. The number of rotatable bonds is 7. The van der Waals surface area contributed by atoms with Crippen molar-refractivity contribution in [2.24, 2.45) is 5.10 Å². The SMILES string of the molecule is CCC(=NNC(=O)c1ccc(N(CC)CC)cc1)c1cc(F)ccc1O. The van der Waals surface area contributed by atoms with Crippen LogP contribution in [0.5, 0.6) is 5.75 Å². The van der Waals surface area contributed by atoms with E-state index in [-0.39, 0.29) is 17.2 Å². The fourth-order valence-electron chi connectivity index (χ4n) is 2.66. The summed E-state index contributed by atoms with van der Waals surface area (Å²) in [6.45, 7) is 7.75. The Balaban J connectivity index is 2.15. The van der Waals surface area contributed by atoms with Crippen LogP contribution in [0.3, 0.4) is 0 Å².